The van der Waals surface area contributed by atoms with E-state index < -0.39 is 0 Å². The van der Waals surface area contributed by atoms with Crippen molar-refractivity contribution in [2.75, 3.05) is 5.88 Å². The van der Waals surface area contributed by atoms with Crippen LogP contribution in [0.4, 0.5) is 0 Å². The molecule has 0 aromatic heterocycles. The zero-order valence-corrected chi connectivity index (χ0v) is 10.5. The SMILES string of the molecule is O=C(CCl)Cc1c(Br)cccc1CCl. The number of rotatable bonds is 4. The summed E-state index contributed by atoms with van der Waals surface area (Å²) >= 11 is 14.6. The van der Waals surface area contributed by atoms with E-state index in [0.29, 0.717) is 12.3 Å². The first-order valence-corrected chi connectivity index (χ1v) is 5.95. The standard InChI is InChI=1S/C10H9BrCl2O/c11-10-3-1-2-7(5-12)9(10)4-8(14)6-13/h1-3H,4-6H2. The molecule has 0 aliphatic carbocycles. The number of Topliss-reactive ketones (excluding diaryl/α,β-unsaturated/α-hetero) is 1. The Kier molecular flexibility index (Phi) is 4.93. The van der Waals surface area contributed by atoms with Crippen LogP contribution in [-0.4, -0.2) is 11.7 Å². The number of benzene rings is 1. The zero-order chi connectivity index (χ0) is 10.6. The van der Waals surface area contributed by atoms with Crippen LogP contribution in [0.5, 0.6) is 0 Å². The van der Waals surface area contributed by atoms with Gasteiger partial charge < -0.3 is 0 Å². The summed E-state index contributed by atoms with van der Waals surface area (Å²) in [5, 5.41) is 0. The lowest BCUT2D eigenvalue weighted by molar-refractivity contribution is -0.116. The maximum atomic E-state index is 11.2. The Morgan fingerprint density at radius 3 is 2.64 bits per heavy atom. The molecule has 1 aromatic rings. The summed E-state index contributed by atoms with van der Waals surface area (Å²) in [4.78, 5) is 11.2. The van der Waals surface area contributed by atoms with Gasteiger partial charge in [0.15, 0.2) is 5.78 Å². The predicted molar refractivity (Wildman–Crippen MR) is 63.1 cm³/mol. The molecule has 1 rings (SSSR count). The molecule has 0 heterocycles. The van der Waals surface area contributed by atoms with Crippen LogP contribution >= 0.6 is 39.1 Å². The summed E-state index contributed by atoms with van der Waals surface area (Å²) in [5.74, 6) is 0.456. The molecule has 0 atom stereocenters. The van der Waals surface area contributed by atoms with Gasteiger partial charge >= 0.3 is 0 Å². The second kappa shape index (κ2) is 5.74. The summed E-state index contributed by atoms with van der Waals surface area (Å²) < 4.78 is 0.911. The van der Waals surface area contributed by atoms with Crippen molar-refractivity contribution >= 4 is 44.9 Å². The highest BCUT2D eigenvalue weighted by Crippen LogP contribution is 2.22. The topological polar surface area (TPSA) is 17.1 Å². The zero-order valence-electron chi connectivity index (χ0n) is 7.40. The van der Waals surface area contributed by atoms with Crippen molar-refractivity contribution in [2.24, 2.45) is 0 Å². The molecule has 0 fully saturated rings. The minimum atomic E-state index is 0.00457. The Morgan fingerprint density at radius 1 is 1.36 bits per heavy atom. The highest BCUT2D eigenvalue weighted by Gasteiger charge is 2.09. The first-order valence-electron chi connectivity index (χ1n) is 4.09. The molecule has 0 radical (unpaired) electrons. The summed E-state index contributed by atoms with van der Waals surface area (Å²) in [5.41, 5.74) is 1.91. The van der Waals surface area contributed by atoms with E-state index in [4.69, 9.17) is 23.2 Å². The van der Waals surface area contributed by atoms with Gasteiger partial charge in [-0.2, -0.15) is 0 Å². The Hall–Kier alpha value is -0.0500. The molecular weight excluding hydrogens is 287 g/mol. The molecule has 4 heteroatoms. The number of hydrogen-bond acceptors (Lipinski definition) is 1. The fraction of sp³-hybridized carbons (Fsp3) is 0.300. The number of ketones is 1. The van der Waals surface area contributed by atoms with Gasteiger partial charge in [0.2, 0.25) is 0 Å². The number of carbonyl (C=O) groups excluding carboxylic acids is 1. The fourth-order valence-corrected chi connectivity index (χ4v) is 2.06. The molecule has 1 nitrogen and oxygen atoms in total. The third kappa shape index (κ3) is 2.97. The molecule has 14 heavy (non-hydrogen) atoms. The predicted octanol–water partition coefficient (Wildman–Crippen LogP) is 3.54. The van der Waals surface area contributed by atoms with Gasteiger partial charge in [0.1, 0.15) is 0 Å². The molecule has 0 spiro atoms. The Morgan fingerprint density at radius 2 is 2.07 bits per heavy atom. The van der Waals surface area contributed by atoms with Gasteiger partial charge in [-0.1, -0.05) is 28.1 Å². The third-order valence-corrected chi connectivity index (χ3v) is 3.21. The van der Waals surface area contributed by atoms with Crippen LogP contribution in [0.25, 0.3) is 0 Å². The molecule has 0 amide bonds. The van der Waals surface area contributed by atoms with Gasteiger partial charge in [0.25, 0.3) is 0 Å². The number of halogens is 3. The van der Waals surface area contributed by atoms with Crippen molar-refractivity contribution < 1.29 is 4.79 Å². The van der Waals surface area contributed by atoms with Crippen LogP contribution in [0.1, 0.15) is 11.1 Å². The highest BCUT2D eigenvalue weighted by molar-refractivity contribution is 9.10. The van der Waals surface area contributed by atoms with E-state index >= 15 is 0 Å². The number of hydrogen-bond donors (Lipinski definition) is 0. The van der Waals surface area contributed by atoms with Crippen LogP contribution in [0, 0.1) is 0 Å². The molecule has 0 bridgehead atoms. The molecule has 0 N–H and O–H groups in total. The normalized spacial score (nSPS) is 10.2. The van der Waals surface area contributed by atoms with Crippen molar-refractivity contribution in [3.05, 3.63) is 33.8 Å². The van der Waals surface area contributed by atoms with Crippen molar-refractivity contribution in [3.63, 3.8) is 0 Å². The van der Waals surface area contributed by atoms with E-state index in [1.54, 1.807) is 0 Å². The minimum absolute atomic E-state index is 0.00457. The number of carbonyl (C=O) groups is 1. The highest BCUT2D eigenvalue weighted by atomic mass is 79.9. The van der Waals surface area contributed by atoms with E-state index in [1.807, 2.05) is 18.2 Å². The average molecular weight is 296 g/mol. The van der Waals surface area contributed by atoms with Gasteiger partial charge in [0.05, 0.1) is 5.88 Å². The molecule has 0 aliphatic rings. The molecule has 0 unspecified atom stereocenters. The third-order valence-electron chi connectivity index (χ3n) is 1.88. The van der Waals surface area contributed by atoms with E-state index in [1.165, 1.54) is 0 Å². The lowest BCUT2D eigenvalue weighted by atomic mass is 10.0. The minimum Gasteiger partial charge on any atom is -0.298 e. The first-order chi connectivity index (χ1) is 6.69. The maximum absolute atomic E-state index is 11.2. The second-order valence-corrected chi connectivity index (χ2v) is 4.25. The second-order valence-electron chi connectivity index (χ2n) is 2.86. The Bertz CT molecular complexity index is 339. The Labute approximate surface area is 102 Å². The molecule has 76 valence electrons. The van der Waals surface area contributed by atoms with Crippen LogP contribution in [0.3, 0.4) is 0 Å². The monoisotopic (exact) mass is 294 g/mol. The van der Waals surface area contributed by atoms with Gasteiger partial charge in [-0.05, 0) is 17.2 Å². The molecule has 0 aliphatic heterocycles. The number of alkyl halides is 2. The van der Waals surface area contributed by atoms with Gasteiger partial charge in [-0.15, -0.1) is 23.2 Å². The maximum Gasteiger partial charge on any atom is 0.152 e. The van der Waals surface area contributed by atoms with E-state index in [2.05, 4.69) is 15.9 Å². The van der Waals surface area contributed by atoms with Crippen molar-refractivity contribution in [1.29, 1.82) is 0 Å². The lowest BCUT2D eigenvalue weighted by Crippen LogP contribution is -2.06. The summed E-state index contributed by atoms with van der Waals surface area (Å²) in [6.07, 6.45) is 0.340. The fourth-order valence-electron chi connectivity index (χ4n) is 1.17. The largest absolute Gasteiger partial charge is 0.298 e. The average Bonchev–Trinajstić information content (AvgIpc) is 2.20. The molecular formula is C10H9BrCl2O. The lowest BCUT2D eigenvalue weighted by Gasteiger charge is -2.07. The van der Waals surface area contributed by atoms with Crippen LogP contribution in [0.2, 0.25) is 0 Å². The van der Waals surface area contributed by atoms with Crippen LogP contribution in [-0.2, 0) is 17.1 Å². The summed E-state index contributed by atoms with van der Waals surface area (Å²) in [7, 11) is 0. The van der Waals surface area contributed by atoms with Crippen LogP contribution in [0.15, 0.2) is 22.7 Å². The van der Waals surface area contributed by atoms with Crippen molar-refractivity contribution in [2.45, 2.75) is 12.3 Å². The Balaban J connectivity index is 2.98. The van der Waals surface area contributed by atoms with Gasteiger partial charge in [0, 0.05) is 16.8 Å². The molecule has 0 saturated carbocycles. The smallest absolute Gasteiger partial charge is 0.152 e. The van der Waals surface area contributed by atoms with E-state index in [-0.39, 0.29) is 11.7 Å². The quantitative estimate of drug-likeness (QED) is 0.777. The summed E-state index contributed by atoms with van der Waals surface area (Å²) in [6, 6.07) is 5.71. The van der Waals surface area contributed by atoms with Gasteiger partial charge in [-0.25, -0.2) is 0 Å². The van der Waals surface area contributed by atoms with Crippen LogP contribution < -0.4 is 0 Å². The van der Waals surface area contributed by atoms with Crippen molar-refractivity contribution in [3.8, 4) is 0 Å². The first kappa shape index (κ1) is 12.0. The van der Waals surface area contributed by atoms with Gasteiger partial charge in [-0.3, -0.25) is 4.79 Å². The van der Waals surface area contributed by atoms with E-state index in [0.717, 1.165) is 15.6 Å². The molecule has 1 aromatic carbocycles. The van der Waals surface area contributed by atoms with E-state index in [9.17, 15) is 4.79 Å². The van der Waals surface area contributed by atoms with Crippen molar-refractivity contribution in [1.82, 2.24) is 0 Å². The summed E-state index contributed by atoms with van der Waals surface area (Å²) in [6.45, 7) is 0. The molecule has 0 saturated heterocycles.